The maximum absolute atomic E-state index is 10.2. The van der Waals surface area contributed by atoms with Crippen molar-refractivity contribution >= 4 is 0 Å². The van der Waals surface area contributed by atoms with Gasteiger partial charge in [-0.05, 0) is 36.1 Å². The van der Waals surface area contributed by atoms with Gasteiger partial charge in [0.1, 0.15) is 6.10 Å². The summed E-state index contributed by atoms with van der Waals surface area (Å²) in [6, 6.07) is 13.5. The van der Waals surface area contributed by atoms with E-state index < -0.39 is 12.2 Å². The van der Waals surface area contributed by atoms with E-state index in [1.165, 1.54) is 5.56 Å². The van der Waals surface area contributed by atoms with Crippen LogP contribution in [0.5, 0.6) is 0 Å². The largest absolute Gasteiger partial charge is 0.391 e. The molecule has 2 aromatic rings. The van der Waals surface area contributed by atoms with Crippen molar-refractivity contribution in [2.45, 2.75) is 31.1 Å². The number of pyridine rings is 1. The Morgan fingerprint density at radius 1 is 1.19 bits per heavy atom. The molecule has 0 bridgehead atoms. The van der Waals surface area contributed by atoms with E-state index in [4.69, 9.17) is 0 Å². The lowest BCUT2D eigenvalue weighted by Crippen LogP contribution is -2.38. The van der Waals surface area contributed by atoms with Crippen LogP contribution < -0.4 is 5.32 Å². The first kappa shape index (κ1) is 14.2. The Labute approximate surface area is 124 Å². The topological polar surface area (TPSA) is 65.4 Å². The van der Waals surface area contributed by atoms with Gasteiger partial charge in [-0.3, -0.25) is 4.98 Å². The summed E-state index contributed by atoms with van der Waals surface area (Å²) < 4.78 is 0. The smallest absolute Gasteiger partial charge is 0.108 e. The van der Waals surface area contributed by atoms with Crippen molar-refractivity contribution in [1.29, 1.82) is 0 Å². The highest BCUT2D eigenvalue weighted by atomic mass is 16.3. The number of aromatic nitrogens is 1. The minimum atomic E-state index is -0.674. The Balaban J connectivity index is 1.70. The molecule has 4 nitrogen and oxygen atoms in total. The van der Waals surface area contributed by atoms with Gasteiger partial charge in [0.05, 0.1) is 17.8 Å². The molecule has 0 aliphatic heterocycles. The number of hydrogen-bond donors (Lipinski definition) is 3. The summed E-state index contributed by atoms with van der Waals surface area (Å²) in [6.07, 6.45) is 2.22. The third-order valence-electron chi connectivity index (χ3n) is 4.04. The Kier molecular flexibility index (Phi) is 4.29. The number of nitrogens with one attached hydrogen (secondary N) is 1. The molecule has 4 heteroatoms. The highest BCUT2D eigenvalue weighted by molar-refractivity contribution is 5.33. The summed E-state index contributed by atoms with van der Waals surface area (Å²) in [5, 5.41) is 23.7. The summed E-state index contributed by atoms with van der Waals surface area (Å²) in [4.78, 5) is 4.15. The van der Waals surface area contributed by atoms with Crippen LogP contribution in [0.2, 0.25) is 0 Å². The van der Waals surface area contributed by atoms with Crippen molar-refractivity contribution in [2.75, 3.05) is 6.54 Å². The van der Waals surface area contributed by atoms with E-state index in [0.717, 1.165) is 18.4 Å². The van der Waals surface area contributed by atoms with Gasteiger partial charge >= 0.3 is 0 Å². The quantitative estimate of drug-likeness (QED) is 0.800. The van der Waals surface area contributed by atoms with Gasteiger partial charge in [-0.2, -0.15) is 0 Å². The van der Waals surface area contributed by atoms with E-state index in [-0.39, 0.29) is 6.04 Å². The van der Waals surface area contributed by atoms with Crippen LogP contribution in [-0.4, -0.2) is 27.8 Å². The predicted octanol–water partition coefficient (Wildman–Crippen LogP) is 1.75. The number of fused-ring (bicyclic) bond motifs is 1. The van der Waals surface area contributed by atoms with Crippen molar-refractivity contribution < 1.29 is 10.2 Å². The standard InChI is InChI=1S/C17H20N2O2/c20-15-9-8-12-5-1-2-6-13(12)17(15)19-11-16(21)14-7-3-4-10-18-14/h1-7,10,15-17,19-21H,8-9,11H2/t15-,16?,17+/m1/s1. The van der Waals surface area contributed by atoms with Crippen LogP contribution in [0.4, 0.5) is 0 Å². The summed E-state index contributed by atoms with van der Waals surface area (Å²) in [5.41, 5.74) is 3.04. The van der Waals surface area contributed by atoms with Gasteiger partial charge in [-0.1, -0.05) is 30.3 Å². The first-order chi connectivity index (χ1) is 10.3. The van der Waals surface area contributed by atoms with E-state index >= 15 is 0 Å². The number of hydrogen-bond acceptors (Lipinski definition) is 4. The van der Waals surface area contributed by atoms with Gasteiger partial charge in [0.25, 0.3) is 0 Å². The van der Waals surface area contributed by atoms with Crippen molar-refractivity contribution in [1.82, 2.24) is 10.3 Å². The molecule has 3 rings (SSSR count). The van der Waals surface area contributed by atoms with E-state index in [0.29, 0.717) is 12.2 Å². The maximum atomic E-state index is 10.2. The summed E-state index contributed by atoms with van der Waals surface area (Å²) in [5.74, 6) is 0. The molecule has 1 aliphatic carbocycles. The molecular weight excluding hydrogens is 264 g/mol. The molecular formula is C17H20N2O2. The van der Waals surface area contributed by atoms with Crippen molar-refractivity contribution in [3.63, 3.8) is 0 Å². The molecule has 1 aromatic carbocycles. The number of nitrogens with zero attached hydrogens (tertiary/aromatic N) is 1. The molecule has 1 aliphatic rings. The van der Waals surface area contributed by atoms with Gasteiger partial charge in [-0.15, -0.1) is 0 Å². The van der Waals surface area contributed by atoms with Gasteiger partial charge in [0.2, 0.25) is 0 Å². The number of rotatable bonds is 4. The summed E-state index contributed by atoms with van der Waals surface area (Å²) in [7, 11) is 0. The summed E-state index contributed by atoms with van der Waals surface area (Å²) >= 11 is 0. The van der Waals surface area contributed by atoms with Gasteiger partial charge in [-0.25, -0.2) is 0 Å². The maximum Gasteiger partial charge on any atom is 0.108 e. The normalized spacial score (nSPS) is 22.6. The van der Waals surface area contributed by atoms with E-state index in [1.807, 2.05) is 30.3 Å². The lowest BCUT2D eigenvalue weighted by atomic mass is 9.85. The second-order valence-electron chi connectivity index (χ2n) is 5.46. The van der Waals surface area contributed by atoms with Crippen LogP contribution in [0.25, 0.3) is 0 Å². The van der Waals surface area contributed by atoms with Crippen LogP contribution in [0.1, 0.15) is 35.4 Å². The fourth-order valence-electron chi connectivity index (χ4n) is 2.90. The predicted molar refractivity (Wildman–Crippen MR) is 80.7 cm³/mol. The molecule has 21 heavy (non-hydrogen) atoms. The first-order valence-electron chi connectivity index (χ1n) is 7.34. The van der Waals surface area contributed by atoms with Crippen LogP contribution in [0, 0.1) is 0 Å². The fraction of sp³-hybridized carbons (Fsp3) is 0.353. The molecule has 0 saturated carbocycles. The van der Waals surface area contributed by atoms with Crippen molar-refractivity contribution in [3.8, 4) is 0 Å². The lowest BCUT2D eigenvalue weighted by molar-refractivity contribution is 0.0955. The molecule has 110 valence electrons. The fourth-order valence-corrected chi connectivity index (χ4v) is 2.90. The monoisotopic (exact) mass is 284 g/mol. The molecule has 0 amide bonds. The third-order valence-corrected chi connectivity index (χ3v) is 4.04. The second kappa shape index (κ2) is 6.35. The van der Waals surface area contributed by atoms with Gasteiger partial charge in [0.15, 0.2) is 0 Å². The van der Waals surface area contributed by atoms with Crippen molar-refractivity contribution in [3.05, 3.63) is 65.5 Å². The molecule has 0 saturated heterocycles. The van der Waals surface area contributed by atoms with Gasteiger partial charge in [0, 0.05) is 12.7 Å². The number of aliphatic hydroxyl groups is 2. The number of aryl methyl sites for hydroxylation is 1. The second-order valence-corrected chi connectivity index (χ2v) is 5.46. The average Bonchev–Trinajstić information content (AvgIpc) is 2.54. The minimum absolute atomic E-state index is 0.131. The number of aliphatic hydroxyl groups excluding tert-OH is 2. The van der Waals surface area contributed by atoms with E-state index in [1.54, 1.807) is 12.3 Å². The third kappa shape index (κ3) is 3.13. The first-order valence-corrected chi connectivity index (χ1v) is 7.34. The minimum Gasteiger partial charge on any atom is -0.391 e. The highest BCUT2D eigenvalue weighted by Gasteiger charge is 2.28. The zero-order chi connectivity index (χ0) is 14.7. The Morgan fingerprint density at radius 2 is 2.00 bits per heavy atom. The molecule has 1 heterocycles. The zero-order valence-electron chi connectivity index (χ0n) is 11.8. The SMILES string of the molecule is OC(CN[C@H]1c2ccccc2CC[C@H]1O)c1ccccn1. The van der Waals surface area contributed by atoms with Gasteiger partial charge < -0.3 is 15.5 Å². The Bertz CT molecular complexity index is 588. The molecule has 3 atom stereocenters. The lowest BCUT2D eigenvalue weighted by Gasteiger charge is -2.31. The average molecular weight is 284 g/mol. The molecule has 0 fully saturated rings. The molecule has 3 N–H and O–H groups in total. The van der Waals surface area contributed by atoms with Crippen LogP contribution in [-0.2, 0) is 6.42 Å². The molecule has 1 aromatic heterocycles. The van der Waals surface area contributed by atoms with E-state index in [9.17, 15) is 10.2 Å². The van der Waals surface area contributed by atoms with Crippen LogP contribution >= 0.6 is 0 Å². The van der Waals surface area contributed by atoms with Crippen molar-refractivity contribution in [2.24, 2.45) is 0 Å². The van der Waals surface area contributed by atoms with Crippen LogP contribution in [0.15, 0.2) is 48.7 Å². The molecule has 1 unspecified atom stereocenters. The zero-order valence-corrected chi connectivity index (χ0v) is 11.8. The van der Waals surface area contributed by atoms with E-state index in [2.05, 4.69) is 16.4 Å². The molecule has 0 spiro atoms. The Morgan fingerprint density at radius 3 is 2.81 bits per heavy atom. The summed E-state index contributed by atoms with van der Waals surface area (Å²) in [6.45, 7) is 0.368. The molecule has 0 radical (unpaired) electrons. The number of benzene rings is 1. The highest BCUT2D eigenvalue weighted by Crippen LogP contribution is 2.30. The van der Waals surface area contributed by atoms with Crippen LogP contribution in [0.3, 0.4) is 0 Å². The Hall–Kier alpha value is -1.75.